The molecule has 0 aliphatic heterocycles. The molecule has 0 aliphatic rings. The average Bonchev–Trinajstić information content (AvgIpc) is 2.63. The quantitative estimate of drug-likeness (QED) is 0.522. The molecule has 0 radical (unpaired) electrons. The van der Waals surface area contributed by atoms with Crippen molar-refractivity contribution >= 4 is 45.1 Å². The maximum Gasteiger partial charge on any atom is 0.310 e. The summed E-state index contributed by atoms with van der Waals surface area (Å²) in [5.74, 6) is -0.0586. The zero-order chi connectivity index (χ0) is 19.1. The van der Waals surface area contributed by atoms with Crippen LogP contribution in [-0.2, 0) is 20.7 Å². The summed E-state index contributed by atoms with van der Waals surface area (Å²) in [6.07, 6.45) is 1.46. The molecule has 26 heavy (non-hydrogen) atoms. The minimum atomic E-state index is -0.564. The molecule has 7 nitrogen and oxygen atoms in total. The number of carbonyl (C=O) groups excluding carboxylic acids is 2. The Bertz CT molecular complexity index is 816. The maximum atomic E-state index is 12.0. The molecule has 0 fully saturated rings. The van der Waals surface area contributed by atoms with Crippen LogP contribution >= 0.6 is 27.5 Å². The normalized spacial score (nSPS) is 10.2. The number of pyridine rings is 1. The van der Waals surface area contributed by atoms with Crippen LogP contribution in [0.3, 0.4) is 0 Å². The van der Waals surface area contributed by atoms with E-state index >= 15 is 0 Å². The second-order valence-corrected chi connectivity index (χ2v) is 6.24. The van der Waals surface area contributed by atoms with E-state index in [0.717, 1.165) is 0 Å². The van der Waals surface area contributed by atoms with Gasteiger partial charge in [0.25, 0.3) is 5.91 Å². The molecule has 1 aromatic heterocycles. The van der Waals surface area contributed by atoms with Gasteiger partial charge in [-0.15, -0.1) is 0 Å². The lowest BCUT2D eigenvalue weighted by Gasteiger charge is -2.12. The summed E-state index contributed by atoms with van der Waals surface area (Å²) in [6, 6.07) is 6.58. The van der Waals surface area contributed by atoms with Crippen LogP contribution < -0.4 is 14.8 Å². The largest absolute Gasteiger partial charge is 0.493 e. The van der Waals surface area contributed by atoms with Crippen LogP contribution in [0.1, 0.15) is 5.56 Å². The van der Waals surface area contributed by atoms with E-state index in [1.54, 1.807) is 24.3 Å². The zero-order valence-corrected chi connectivity index (χ0v) is 16.4. The number of rotatable bonds is 7. The van der Waals surface area contributed by atoms with Gasteiger partial charge in [-0.3, -0.25) is 9.59 Å². The first kappa shape index (κ1) is 20.0. The summed E-state index contributed by atoms with van der Waals surface area (Å²) in [5, 5.41) is 2.67. The van der Waals surface area contributed by atoms with Crippen molar-refractivity contribution in [2.75, 3.05) is 26.1 Å². The second kappa shape index (κ2) is 9.40. The topological polar surface area (TPSA) is 86.8 Å². The average molecular weight is 444 g/mol. The van der Waals surface area contributed by atoms with Gasteiger partial charge < -0.3 is 19.5 Å². The Labute approximate surface area is 163 Å². The Morgan fingerprint density at radius 1 is 1.23 bits per heavy atom. The van der Waals surface area contributed by atoms with E-state index < -0.39 is 18.5 Å². The lowest BCUT2D eigenvalue weighted by Crippen LogP contribution is -2.22. The number of nitrogens with one attached hydrogen (secondary N) is 1. The van der Waals surface area contributed by atoms with Gasteiger partial charge in [0.15, 0.2) is 23.3 Å². The van der Waals surface area contributed by atoms with Crippen LogP contribution in [0.2, 0.25) is 5.15 Å². The highest BCUT2D eigenvalue weighted by Gasteiger charge is 2.15. The van der Waals surface area contributed by atoms with Crippen molar-refractivity contribution in [1.82, 2.24) is 4.98 Å². The first-order valence-electron chi connectivity index (χ1n) is 7.41. The number of halogens is 2. The molecule has 0 saturated heterocycles. The standard InChI is InChI=1S/C17H16BrClN2O5/c1-24-13-6-10(11(18)8-14(13)25-2)7-16(23)26-9-15(22)21-12-4-3-5-20-17(12)19/h3-6,8H,7,9H2,1-2H3,(H,21,22). The third-order valence-electron chi connectivity index (χ3n) is 3.28. The fourth-order valence-electron chi connectivity index (χ4n) is 2.05. The number of hydrogen-bond acceptors (Lipinski definition) is 6. The first-order chi connectivity index (χ1) is 12.4. The third-order valence-corrected chi connectivity index (χ3v) is 4.32. The number of carbonyl (C=O) groups is 2. The maximum absolute atomic E-state index is 12.0. The van der Waals surface area contributed by atoms with Crippen LogP contribution in [-0.4, -0.2) is 37.7 Å². The van der Waals surface area contributed by atoms with Crippen LogP contribution in [0.25, 0.3) is 0 Å². The summed E-state index contributed by atoms with van der Waals surface area (Å²) >= 11 is 9.22. The lowest BCUT2D eigenvalue weighted by atomic mass is 10.1. The molecule has 0 unspecified atom stereocenters. The molecule has 2 rings (SSSR count). The van der Waals surface area contributed by atoms with E-state index in [1.807, 2.05) is 0 Å². The van der Waals surface area contributed by atoms with E-state index in [2.05, 4.69) is 26.2 Å². The van der Waals surface area contributed by atoms with Crippen molar-refractivity contribution in [3.05, 3.63) is 45.7 Å². The Kier molecular flexibility index (Phi) is 7.23. The fourth-order valence-corrected chi connectivity index (χ4v) is 2.68. The molecule has 138 valence electrons. The van der Waals surface area contributed by atoms with E-state index in [1.165, 1.54) is 20.4 Å². The molecule has 1 N–H and O–H groups in total. The number of ether oxygens (including phenoxy) is 3. The van der Waals surface area contributed by atoms with Crippen molar-refractivity contribution in [2.45, 2.75) is 6.42 Å². The van der Waals surface area contributed by atoms with Crippen LogP contribution in [0, 0.1) is 0 Å². The SMILES string of the molecule is COc1cc(Br)c(CC(=O)OCC(=O)Nc2cccnc2Cl)cc1OC. The highest BCUT2D eigenvalue weighted by molar-refractivity contribution is 9.10. The van der Waals surface area contributed by atoms with Crippen molar-refractivity contribution in [1.29, 1.82) is 0 Å². The summed E-state index contributed by atoms with van der Waals surface area (Å²) in [6.45, 7) is -0.436. The Morgan fingerprint density at radius 3 is 2.58 bits per heavy atom. The number of anilines is 1. The molecule has 9 heteroatoms. The van der Waals surface area contributed by atoms with Gasteiger partial charge in [-0.25, -0.2) is 4.98 Å². The molecule has 1 aromatic carbocycles. The summed E-state index contributed by atoms with van der Waals surface area (Å²) in [7, 11) is 3.02. The van der Waals surface area contributed by atoms with Gasteiger partial charge >= 0.3 is 5.97 Å². The van der Waals surface area contributed by atoms with Crippen molar-refractivity contribution in [3.8, 4) is 11.5 Å². The van der Waals surface area contributed by atoms with Gasteiger partial charge in [-0.2, -0.15) is 0 Å². The number of amides is 1. The molecule has 0 saturated carbocycles. The predicted molar refractivity (Wildman–Crippen MR) is 99.8 cm³/mol. The van der Waals surface area contributed by atoms with Crippen LogP contribution in [0.4, 0.5) is 5.69 Å². The van der Waals surface area contributed by atoms with Crippen molar-refractivity contribution in [2.24, 2.45) is 0 Å². The third kappa shape index (κ3) is 5.34. The monoisotopic (exact) mass is 442 g/mol. The van der Waals surface area contributed by atoms with Gasteiger partial charge in [0.05, 0.1) is 26.3 Å². The van der Waals surface area contributed by atoms with Gasteiger partial charge in [0.2, 0.25) is 0 Å². The fraction of sp³-hybridized carbons (Fsp3) is 0.235. The smallest absolute Gasteiger partial charge is 0.310 e. The molecule has 0 aliphatic carbocycles. The predicted octanol–water partition coefficient (Wildman–Crippen LogP) is 3.24. The van der Waals surface area contributed by atoms with Gasteiger partial charge in [-0.1, -0.05) is 27.5 Å². The molecule has 0 bridgehead atoms. The van der Waals surface area contributed by atoms with Crippen LogP contribution in [0.15, 0.2) is 34.9 Å². The lowest BCUT2D eigenvalue weighted by molar-refractivity contribution is -0.146. The molecule has 0 atom stereocenters. The zero-order valence-electron chi connectivity index (χ0n) is 14.0. The number of methoxy groups -OCH3 is 2. The number of aromatic nitrogens is 1. The Balaban J connectivity index is 1.93. The molecule has 1 amide bonds. The number of nitrogens with zero attached hydrogens (tertiary/aromatic N) is 1. The second-order valence-electron chi connectivity index (χ2n) is 5.03. The van der Waals surface area contributed by atoms with Crippen LogP contribution in [0.5, 0.6) is 11.5 Å². The highest BCUT2D eigenvalue weighted by atomic mass is 79.9. The summed E-state index contributed by atoms with van der Waals surface area (Å²) in [5.41, 5.74) is 0.987. The molecular formula is C17H16BrClN2O5. The molecule has 0 spiro atoms. The Morgan fingerprint density at radius 2 is 1.92 bits per heavy atom. The summed E-state index contributed by atoms with van der Waals surface area (Å²) < 4.78 is 16.1. The first-order valence-corrected chi connectivity index (χ1v) is 8.58. The van der Waals surface area contributed by atoms with Crippen molar-refractivity contribution in [3.63, 3.8) is 0 Å². The summed E-state index contributed by atoms with van der Waals surface area (Å²) in [4.78, 5) is 27.7. The minimum Gasteiger partial charge on any atom is -0.493 e. The van der Waals surface area contributed by atoms with Gasteiger partial charge in [-0.05, 0) is 29.8 Å². The van der Waals surface area contributed by atoms with E-state index in [4.69, 9.17) is 25.8 Å². The molecular weight excluding hydrogens is 428 g/mol. The number of hydrogen-bond donors (Lipinski definition) is 1. The molecule has 2 aromatic rings. The van der Waals surface area contributed by atoms with E-state index in [9.17, 15) is 9.59 Å². The highest BCUT2D eigenvalue weighted by Crippen LogP contribution is 2.33. The van der Waals surface area contributed by atoms with Gasteiger partial charge in [0, 0.05) is 10.7 Å². The molecule has 1 heterocycles. The van der Waals surface area contributed by atoms with E-state index in [-0.39, 0.29) is 11.6 Å². The Hall–Kier alpha value is -2.32. The van der Waals surface area contributed by atoms with Crippen molar-refractivity contribution < 1.29 is 23.8 Å². The number of esters is 1. The van der Waals surface area contributed by atoms with E-state index in [0.29, 0.717) is 27.2 Å². The van der Waals surface area contributed by atoms with Gasteiger partial charge in [0.1, 0.15) is 0 Å². The minimum absolute atomic E-state index is 0.0398. The number of benzene rings is 1.